The van der Waals surface area contributed by atoms with Crippen molar-refractivity contribution in [1.29, 1.82) is 5.26 Å². The number of nitrogens with one attached hydrogen (secondary N) is 1. The number of rotatable bonds is 2. The lowest BCUT2D eigenvalue weighted by atomic mass is 9.87. The Hall–Kier alpha value is -0.730. The molecule has 84 valence electrons. The molecule has 1 fully saturated rings. The second kappa shape index (κ2) is 6.70. The van der Waals surface area contributed by atoms with Crippen molar-refractivity contribution in [3.8, 4) is 6.19 Å². The smallest absolute Gasteiger partial charge is 0.183 e. The lowest BCUT2D eigenvalue weighted by Gasteiger charge is -2.24. The predicted octanol–water partition coefficient (Wildman–Crippen LogP) is 1.33. The van der Waals surface area contributed by atoms with E-state index in [0.29, 0.717) is 17.6 Å². The number of nitriles is 1. The fraction of sp³-hybridized carbons (Fsp3) is 0.800. The molecule has 0 aliphatic heterocycles. The number of hydrogen-bond donors (Lipinski definition) is 2. The summed E-state index contributed by atoms with van der Waals surface area (Å²) in [6, 6.07) is 0. The minimum Gasteiger partial charge on any atom is -0.393 e. The van der Waals surface area contributed by atoms with Gasteiger partial charge in [-0.15, -0.1) is 0 Å². The summed E-state index contributed by atoms with van der Waals surface area (Å²) in [5.74, 6) is 0.469. The van der Waals surface area contributed by atoms with Crippen molar-refractivity contribution < 1.29 is 5.11 Å². The normalized spacial score (nSPS) is 27.1. The standard InChI is InChI=1S/C10H17N3OS/c1-15-10(13-7-11)12-6-8-3-2-4-9(14)5-8/h8-9,14H,2-6H2,1H3,(H,12,13). The van der Waals surface area contributed by atoms with Gasteiger partial charge in [0.2, 0.25) is 0 Å². The van der Waals surface area contributed by atoms with Crippen molar-refractivity contribution in [3.05, 3.63) is 0 Å². The third-order valence-corrected chi connectivity index (χ3v) is 3.22. The van der Waals surface area contributed by atoms with E-state index in [-0.39, 0.29) is 6.10 Å². The van der Waals surface area contributed by atoms with E-state index in [2.05, 4.69) is 10.3 Å². The SMILES string of the molecule is CSC(=NCC1CCCC(O)C1)NC#N. The highest BCUT2D eigenvalue weighted by atomic mass is 32.2. The Balaban J connectivity index is 2.37. The number of thioether (sulfide) groups is 1. The van der Waals surface area contributed by atoms with Gasteiger partial charge in [-0.2, -0.15) is 5.26 Å². The minimum absolute atomic E-state index is 0.152. The molecule has 1 aliphatic rings. The lowest BCUT2D eigenvalue weighted by Crippen LogP contribution is -2.22. The Labute approximate surface area is 94.8 Å². The number of aliphatic hydroxyl groups excluding tert-OH is 1. The van der Waals surface area contributed by atoms with Crippen molar-refractivity contribution in [1.82, 2.24) is 5.32 Å². The molecule has 4 nitrogen and oxygen atoms in total. The zero-order valence-electron chi connectivity index (χ0n) is 8.94. The van der Waals surface area contributed by atoms with Gasteiger partial charge >= 0.3 is 0 Å². The average molecular weight is 227 g/mol. The monoisotopic (exact) mass is 227 g/mol. The Kier molecular flexibility index (Phi) is 5.51. The van der Waals surface area contributed by atoms with Crippen LogP contribution in [0, 0.1) is 17.4 Å². The summed E-state index contributed by atoms with van der Waals surface area (Å²) < 4.78 is 0. The highest BCUT2D eigenvalue weighted by molar-refractivity contribution is 8.13. The molecule has 2 N–H and O–H groups in total. The molecule has 0 radical (unpaired) electrons. The fourth-order valence-electron chi connectivity index (χ4n) is 1.84. The third-order valence-electron chi connectivity index (χ3n) is 2.60. The molecule has 5 heteroatoms. The van der Waals surface area contributed by atoms with E-state index < -0.39 is 0 Å². The molecule has 2 atom stereocenters. The summed E-state index contributed by atoms with van der Waals surface area (Å²) in [5, 5.41) is 21.1. The van der Waals surface area contributed by atoms with E-state index in [1.54, 1.807) is 0 Å². The van der Waals surface area contributed by atoms with E-state index in [1.807, 2.05) is 12.4 Å². The number of hydrogen-bond acceptors (Lipinski definition) is 4. The van der Waals surface area contributed by atoms with Gasteiger partial charge in [0.15, 0.2) is 11.4 Å². The molecular weight excluding hydrogens is 210 g/mol. The minimum atomic E-state index is -0.152. The van der Waals surface area contributed by atoms with Crippen LogP contribution in [0.2, 0.25) is 0 Å². The van der Waals surface area contributed by atoms with Crippen LogP contribution in [0.15, 0.2) is 4.99 Å². The van der Waals surface area contributed by atoms with Crippen LogP contribution in [0.5, 0.6) is 0 Å². The van der Waals surface area contributed by atoms with Gasteiger partial charge < -0.3 is 5.11 Å². The first-order valence-electron chi connectivity index (χ1n) is 5.18. The highest BCUT2D eigenvalue weighted by Crippen LogP contribution is 2.24. The van der Waals surface area contributed by atoms with E-state index in [4.69, 9.17) is 5.26 Å². The van der Waals surface area contributed by atoms with Crippen LogP contribution in [-0.4, -0.2) is 29.2 Å². The highest BCUT2D eigenvalue weighted by Gasteiger charge is 2.19. The first-order valence-corrected chi connectivity index (χ1v) is 6.40. The molecule has 0 spiro atoms. The number of amidine groups is 1. The van der Waals surface area contributed by atoms with Crippen LogP contribution in [-0.2, 0) is 0 Å². The van der Waals surface area contributed by atoms with Crippen LogP contribution in [0.1, 0.15) is 25.7 Å². The average Bonchev–Trinajstić information content (AvgIpc) is 2.24. The number of aliphatic hydroxyl groups is 1. The molecule has 1 aliphatic carbocycles. The van der Waals surface area contributed by atoms with Crippen molar-refractivity contribution in [3.63, 3.8) is 0 Å². The van der Waals surface area contributed by atoms with Crippen molar-refractivity contribution in [2.45, 2.75) is 31.8 Å². The molecule has 2 unspecified atom stereocenters. The molecule has 1 rings (SSSR count). The fourth-order valence-corrected chi connectivity index (χ4v) is 2.19. The van der Waals surface area contributed by atoms with E-state index in [1.165, 1.54) is 11.8 Å². The van der Waals surface area contributed by atoms with Crippen LogP contribution in [0.25, 0.3) is 0 Å². The van der Waals surface area contributed by atoms with E-state index in [9.17, 15) is 5.11 Å². The van der Waals surface area contributed by atoms with Crippen molar-refractivity contribution >= 4 is 16.9 Å². The first kappa shape index (κ1) is 12.3. The van der Waals surface area contributed by atoms with E-state index in [0.717, 1.165) is 25.7 Å². The first-order chi connectivity index (χ1) is 7.26. The third kappa shape index (κ3) is 4.54. The van der Waals surface area contributed by atoms with Gasteiger partial charge in [0.05, 0.1) is 6.10 Å². The maximum atomic E-state index is 9.48. The zero-order valence-corrected chi connectivity index (χ0v) is 9.76. The zero-order chi connectivity index (χ0) is 11.1. The molecule has 1 saturated carbocycles. The lowest BCUT2D eigenvalue weighted by molar-refractivity contribution is 0.103. The van der Waals surface area contributed by atoms with Crippen LogP contribution in [0.4, 0.5) is 0 Å². The number of nitrogens with zero attached hydrogens (tertiary/aromatic N) is 2. The second-order valence-electron chi connectivity index (χ2n) is 3.77. The molecule has 0 bridgehead atoms. The second-order valence-corrected chi connectivity index (χ2v) is 4.57. The molecular formula is C10H17N3OS. The molecule has 0 aromatic heterocycles. The van der Waals surface area contributed by atoms with E-state index >= 15 is 0 Å². The Morgan fingerprint density at radius 3 is 3.07 bits per heavy atom. The summed E-state index contributed by atoms with van der Waals surface area (Å²) in [4.78, 5) is 4.32. The van der Waals surface area contributed by atoms with Gasteiger partial charge in [-0.05, 0) is 31.4 Å². The van der Waals surface area contributed by atoms with Crippen molar-refractivity contribution in [2.24, 2.45) is 10.9 Å². The topological polar surface area (TPSA) is 68.4 Å². The largest absolute Gasteiger partial charge is 0.393 e. The van der Waals surface area contributed by atoms with Gasteiger partial charge in [-0.1, -0.05) is 18.2 Å². The van der Waals surface area contributed by atoms with Crippen LogP contribution in [0.3, 0.4) is 0 Å². The molecule has 0 heterocycles. The summed E-state index contributed by atoms with van der Waals surface area (Å²) in [5.41, 5.74) is 0. The van der Waals surface area contributed by atoms with Gasteiger partial charge in [-0.3, -0.25) is 10.3 Å². The van der Waals surface area contributed by atoms with Gasteiger partial charge in [0.25, 0.3) is 0 Å². The quantitative estimate of drug-likeness (QED) is 0.323. The Bertz CT molecular complexity index is 262. The maximum Gasteiger partial charge on any atom is 0.183 e. The van der Waals surface area contributed by atoms with Gasteiger partial charge in [-0.25, -0.2) is 0 Å². The molecule has 0 saturated heterocycles. The van der Waals surface area contributed by atoms with Crippen molar-refractivity contribution in [2.75, 3.05) is 12.8 Å². The van der Waals surface area contributed by atoms with Gasteiger partial charge in [0, 0.05) is 6.54 Å². The predicted molar refractivity (Wildman–Crippen MR) is 62.5 cm³/mol. The molecule has 0 aromatic carbocycles. The van der Waals surface area contributed by atoms with Crippen LogP contribution >= 0.6 is 11.8 Å². The summed E-state index contributed by atoms with van der Waals surface area (Å²) in [6.07, 6.45) is 7.59. The summed E-state index contributed by atoms with van der Waals surface area (Å²) >= 11 is 1.44. The molecule has 0 aromatic rings. The molecule has 0 amide bonds. The Morgan fingerprint density at radius 1 is 1.67 bits per heavy atom. The maximum absolute atomic E-state index is 9.48. The summed E-state index contributed by atoms with van der Waals surface area (Å²) in [7, 11) is 0. The number of aliphatic imine (C=N–C) groups is 1. The summed E-state index contributed by atoms with van der Waals surface area (Å²) in [6.45, 7) is 0.710. The van der Waals surface area contributed by atoms with Crippen LogP contribution < -0.4 is 5.32 Å². The Morgan fingerprint density at radius 2 is 2.47 bits per heavy atom. The van der Waals surface area contributed by atoms with Gasteiger partial charge in [0.1, 0.15) is 0 Å². The molecule has 15 heavy (non-hydrogen) atoms.